The van der Waals surface area contributed by atoms with Gasteiger partial charge in [-0.25, -0.2) is 9.98 Å². The molecule has 0 fully saturated rings. The maximum atomic E-state index is 12.4. The molecular formula is C18H13Cl2N3O2S. The average molecular weight is 406 g/mol. The zero-order chi connectivity index (χ0) is 18.3. The maximum absolute atomic E-state index is 12.4. The number of halogens is 2. The Morgan fingerprint density at radius 1 is 1.27 bits per heavy atom. The van der Waals surface area contributed by atoms with Crippen molar-refractivity contribution in [1.29, 1.82) is 0 Å². The molecule has 0 saturated heterocycles. The number of allylic oxidation sites excluding steroid dienone is 2. The summed E-state index contributed by atoms with van der Waals surface area (Å²) in [4.78, 5) is 21.8. The number of amides is 1. The van der Waals surface area contributed by atoms with Crippen LogP contribution in [0, 0.1) is 0 Å². The standard InChI is InChI=1S/C18H13Cl2N3O2S/c1-9-22-14-7-13(20)11(6-15(14)25-9)16-8-21-18(26-16)23-17(24)10-4-2-3-5-12(10)19/h2-8,14-15H,1H3,(H,21,23,24). The van der Waals surface area contributed by atoms with E-state index in [-0.39, 0.29) is 18.1 Å². The molecule has 1 amide bonds. The van der Waals surface area contributed by atoms with Crippen molar-refractivity contribution in [3.8, 4) is 0 Å². The van der Waals surface area contributed by atoms with E-state index in [0.29, 0.717) is 26.6 Å². The van der Waals surface area contributed by atoms with E-state index in [1.54, 1.807) is 30.5 Å². The van der Waals surface area contributed by atoms with Crippen molar-refractivity contribution in [1.82, 2.24) is 4.98 Å². The minimum Gasteiger partial charge on any atom is -0.471 e. The number of carbonyl (C=O) groups is 1. The van der Waals surface area contributed by atoms with Gasteiger partial charge in [0.2, 0.25) is 0 Å². The average Bonchev–Trinajstić information content (AvgIpc) is 3.19. The minimum atomic E-state index is -0.307. The first-order valence-corrected chi connectivity index (χ1v) is 9.41. The lowest BCUT2D eigenvalue weighted by molar-refractivity contribution is 0.102. The van der Waals surface area contributed by atoms with E-state index in [2.05, 4.69) is 15.3 Å². The summed E-state index contributed by atoms with van der Waals surface area (Å²) in [6.45, 7) is 1.82. The molecule has 5 nitrogen and oxygen atoms in total. The third-order valence-corrected chi connectivity index (χ3v) is 5.59. The molecule has 8 heteroatoms. The lowest BCUT2D eigenvalue weighted by atomic mass is 10.00. The third-order valence-electron chi connectivity index (χ3n) is 3.99. The van der Waals surface area contributed by atoms with Crippen LogP contribution in [0.2, 0.25) is 5.02 Å². The number of fused-ring (bicyclic) bond motifs is 1. The van der Waals surface area contributed by atoms with E-state index in [9.17, 15) is 4.79 Å². The Morgan fingerprint density at radius 2 is 2.08 bits per heavy atom. The Labute approximate surface area is 164 Å². The molecule has 2 unspecified atom stereocenters. The van der Waals surface area contributed by atoms with Gasteiger partial charge in [-0.05, 0) is 24.3 Å². The topological polar surface area (TPSA) is 63.6 Å². The summed E-state index contributed by atoms with van der Waals surface area (Å²) in [6, 6.07) is 6.78. The summed E-state index contributed by atoms with van der Waals surface area (Å²) < 4.78 is 5.68. The van der Waals surface area contributed by atoms with Crippen LogP contribution in [0.15, 0.2) is 52.6 Å². The van der Waals surface area contributed by atoms with Crippen LogP contribution in [0.3, 0.4) is 0 Å². The summed E-state index contributed by atoms with van der Waals surface area (Å²) in [6.07, 6.45) is 5.34. The molecule has 0 saturated carbocycles. The highest BCUT2D eigenvalue weighted by Gasteiger charge is 2.31. The number of ether oxygens (including phenoxy) is 1. The van der Waals surface area contributed by atoms with Gasteiger partial charge in [0.15, 0.2) is 11.0 Å². The molecule has 1 N–H and O–H groups in total. The number of hydrogen-bond acceptors (Lipinski definition) is 5. The Balaban J connectivity index is 1.54. The van der Waals surface area contributed by atoms with Gasteiger partial charge in [0.25, 0.3) is 5.91 Å². The summed E-state index contributed by atoms with van der Waals surface area (Å²) in [5.74, 6) is 0.342. The molecule has 26 heavy (non-hydrogen) atoms. The SMILES string of the molecule is CC1=NC2C=C(Cl)C(c3cnc(NC(=O)c4ccccc4Cl)s3)=CC2O1. The second-order valence-corrected chi connectivity index (χ2v) is 7.62. The number of rotatable bonds is 3. The molecular weight excluding hydrogens is 393 g/mol. The number of anilines is 1. The summed E-state index contributed by atoms with van der Waals surface area (Å²) in [5.41, 5.74) is 1.23. The van der Waals surface area contributed by atoms with Crippen LogP contribution in [0.1, 0.15) is 22.2 Å². The quantitative estimate of drug-likeness (QED) is 0.800. The van der Waals surface area contributed by atoms with Crippen LogP contribution in [0.5, 0.6) is 0 Å². The van der Waals surface area contributed by atoms with Crippen molar-refractivity contribution < 1.29 is 9.53 Å². The van der Waals surface area contributed by atoms with Gasteiger partial charge in [0.1, 0.15) is 12.1 Å². The van der Waals surface area contributed by atoms with Gasteiger partial charge in [-0.1, -0.05) is 46.7 Å². The van der Waals surface area contributed by atoms with Crippen molar-refractivity contribution in [2.24, 2.45) is 4.99 Å². The lowest BCUT2D eigenvalue weighted by Crippen LogP contribution is -2.21. The Hall–Kier alpha value is -2.15. The molecule has 0 bridgehead atoms. The minimum absolute atomic E-state index is 0.0847. The lowest BCUT2D eigenvalue weighted by Gasteiger charge is -2.18. The number of aliphatic imine (C=N–C) groups is 1. The molecule has 2 aromatic rings. The molecule has 132 valence electrons. The number of nitrogens with zero attached hydrogens (tertiary/aromatic N) is 2. The largest absolute Gasteiger partial charge is 0.471 e. The van der Waals surface area contributed by atoms with E-state index in [1.165, 1.54) is 11.3 Å². The van der Waals surface area contributed by atoms with Crippen molar-refractivity contribution in [2.45, 2.75) is 19.1 Å². The predicted octanol–water partition coefficient (Wildman–Crippen LogP) is 4.75. The van der Waals surface area contributed by atoms with Crippen molar-refractivity contribution in [3.05, 3.63) is 63.1 Å². The second kappa shape index (κ2) is 6.87. The van der Waals surface area contributed by atoms with Crippen molar-refractivity contribution in [2.75, 3.05) is 5.32 Å². The summed E-state index contributed by atoms with van der Waals surface area (Å²) in [5, 5.41) is 4.23. The number of aromatic nitrogens is 1. The first-order valence-electron chi connectivity index (χ1n) is 7.84. The van der Waals surface area contributed by atoms with Crippen LogP contribution in [-0.2, 0) is 4.74 Å². The van der Waals surface area contributed by atoms with Gasteiger partial charge >= 0.3 is 0 Å². The Bertz CT molecular complexity index is 980. The molecule has 4 rings (SSSR count). The van der Waals surface area contributed by atoms with Gasteiger partial charge in [0.05, 0.1) is 15.5 Å². The molecule has 1 aromatic heterocycles. The van der Waals surface area contributed by atoms with E-state index in [4.69, 9.17) is 27.9 Å². The van der Waals surface area contributed by atoms with Crippen LogP contribution in [0.25, 0.3) is 5.57 Å². The molecule has 2 heterocycles. The van der Waals surface area contributed by atoms with Crippen LogP contribution < -0.4 is 5.32 Å². The normalized spacial score (nSPS) is 21.3. The van der Waals surface area contributed by atoms with Gasteiger partial charge in [-0.3, -0.25) is 10.1 Å². The highest BCUT2D eigenvalue weighted by atomic mass is 35.5. The molecule has 2 atom stereocenters. The number of benzene rings is 1. The van der Waals surface area contributed by atoms with Crippen molar-refractivity contribution in [3.63, 3.8) is 0 Å². The summed E-state index contributed by atoms with van der Waals surface area (Å²) in [7, 11) is 0. The number of carbonyl (C=O) groups excluding carboxylic acids is 1. The molecule has 2 aliphatic rings. The number of thiazole rings is 1. The number of nitrogens with one attached hydrogen (secondary N) is 1. The smallest absolute Gasteiger partial charge is 0.258 e. The second-order valence-electron chi connectivity index (χ2n) is 5.78. The third kappa shape index (κ3) is 3.28. The first-order chi connectivity index (χ1) is 12.5. The monoisotopic (exact) mass is 405 g/mol. The first kappa shape index (κ1) is 17.3. The molecule has 1 aromatic carbocycles. The Morgan fingerprint density at radius 3 is 2.88 bits per heavy atom. The van der Waals surface area contributed by atoms with Gasteiger partial charge < -0.3 is 4.74 Å². The number of hydrogen-bond donors (Lipinski definition) is 1. The zero-order valence-electron chi connectivity index (χ0n) is 13.6. The summed E-state index contributed by atoms with van der Waals surface area (Å²) >= 11 is 13.8. The van der Waals surface area contributed by atoms with Crippen LogP contribution in [0.4, 0.5) is 5.13 Å². The van der Waals surface area contributed by atoms with E-state index >= 15 is 0 Å². The molecule has 0 spiro atoms. The Kier molecular flexibility index (Phi) is 4.56. The zero-order valence-corrected chi connectivity index (χ0v) is 15.9. The van der Waals surface area contributed by atoms with Gasteiger partial charge in [-0.15, -0.1) is 0 Å². The fraction of sp³-hybridized carbons (Fsp3) is 0.167. The van der Waals surface area contributed by atoms with Crippen LogP contribution >= 0.6 is 34.5 Å². The van der Waals surface area contributed by atoms with E-state index in [0.717, 1.165) is 10.5 Å². The highest BCUT2D eigenvalue weighted by molar-refractivity contribution is 7.17. The molecule has 1 aliphatic heterocycles. The van der Waals surface area contributed by atoms with E-state index in [1.807, 2.05) is 19.1 Å². The van der Waals surface area contributed by atoms with Gasteiger partial charge in [-0.2, -0.15) is 0 Å². The maximum Gasteiger partial charge on any atom is 0.258 e. The highest BCUT2D eigenvalue weighted by Crippen LogP contribution is 2.38. The van der Waals surface area contributed by atoms with Gasteiger partial charge in [0, 0.05) is 23.7 Å². The fourth-order valence-corrected chi connectivity index (χ4v) is 4.22. The fourth-order valence-electron chi connectivity index (χ4n) is 2.79. The predicted molar refractivity (Wildman–Crippen MR) is 105 cm³/mol. The van der Waals surface area contributed by atoms with E-state index < -0.39 is 0 Å². The van der Waals surface area contributed by atoms with Crippen molar-refractivity contribution >= 4 is 57.0 Å². The molecule has 1 aliphatic carbocycles. The molecule has 0 radical (unpaired) electrons. The van der Waals surface area contributed by atoms with Crippen LogP contribution in [-0.4, -0.2) is 28.9 Å².